The van der Waals surface area contributed by atoms with Crippen LogP contribution in [0.5, 0.6) is 0 Å². The molecule has 0 aliphatic heterocycles. The Morgan fingerprint density at radius 2 is 2.03 bits per heavy atom. The van der Waals surface area contributed by atoms with Crippen LogP contribution < -0.4 is 10.6 Å². The van der Waals surface area contributed by atoms with E-state index < -0.39 is 23.0 Å². The molecule has 0 atom stereocenters. The van der Waals surface area contributed by atoms with E-state index in [1.807, 2.05) is 0 Å². The lowest BCUT2D eigenvalue weighted by molar-refractivity contribution is -0.137. The number of rotatable bonds is 4. The molecule has 1 saturated carbocycles. The Morgan fingerprint density at radius 1 is 1.31 bits per heavy atom. The van der Waals surface area contributed by atoms with Crippen LogP contribution in [0.3, 0.4) is 0 Å². The number of nitrogens with zero attached hydrogens (tertiary/aromatic N) is 2. The van der Waals surface area contributed by atoms with Gasteiger partial charge in [-0.2, -0.15) is 13.2 Å². The second-order valence-electron chi connectivity index (χ2n) is 7.54. The fourth-order valence-corrected chi connectivity index (χ4v) is 4.81. The Morgan fingerprint density at radius 3 is 2.69 bits per heavy atom. The highest BCUT2D eigenvalue weighted by Gasteiger charge is 2.37. The van der Waals surface area contributed by atoms with E-state index in [9.17, 15) is 18.0 Å². The topological polar surface area (TPSA) is 91.9 Å². The van der Waals surface area contributed by atoms with Crippen LogP contribution in [0.2, 0.25) is 0 Å². The van der Waals surface area contributed by atoms with E-state index in [1.165, 1.54) is 13.3 Å². The van der Waals surface area contributed by atoms with E-state index >= 15 is 0 Å². The summed E-state index contributed by atoms with van der Waals surface area (Å²) < 4.78 is 46.4. The van der Waals surface area contributed by atoms with Gasteiger partial charge >= 0.3 is 12.3 Å². The number of carbonyl (C=O) groups is 1. The van der Waals surface area contributed by atoms with Crippen molar-refractivity contribution >= 4 is 54.8 Å². The first-order valence-electron chi connectivity index (χ1n) is 9.74. The van der Waals surface area contributed by atoms with Gasteiger partial charge < -0.3 is 15.0 Å². The highest BCUT2D eigenvalue weighted by molar-refractivity contribution is 9.10. The summed E-state index contributed by atoms with van der Waals surface area (Å²) in [5.74, 6) is 0.113. The molecule has 1 aliphatic rings. The number of hydrogen-bond donors (Lipinski definition) is 3. The molecule has 3 N–H and O–H groups in total. The van der Waals surface area contributed by atoms with Gasteiger partial charge in [-0.05, 0) is 34.8 Å². The predicted octanol–water partition coefficient (Wildman–Crippen LogP) is 5.44. The van der Waals surface area contributed by atoms with E-state index in [2.05, 4.69) is 56.5 Å². The van der Waals surface area contributed by atoms with Crippen molar-refractivity contribution in [3.05, 3.63) is 34.6 Å². The van der Waals surface area contributed by atoms with Gasteiger partial charge in [0.2, 0.25) is 5.95 Å². The fraction of sp³-hybridized carbons (Fsp3) is 0.350. The summed E-state index contributed by atoms with van der Waals surface area (Å²) in [5.41, 5.74) is -0.0116. The number of alkyl halides is 3. The minimum absolute atomic E-state index is 0.113. The number of amides is 1. The number of anilines is 2. The van der Waals surface area contributed by atoms with Gasteiger partial charge in [0.15, 0.2) is 0 Å². The summed E-state index contributed by atoms with van der Waals surface area (Å²) in [4.78, 5) is 22.7. The highest BCUT2D eigenvalue weighted by Crippen LogP contribution is 2.41. The van der Waals surface area contributed by atoms with Gasteiger partial charge in [0.05, 0.1) is 38.7 Å². The molecule has 2 aromatic heterocycles. The molecule has 12 heteroatoms. The summed E-state index contributed by atoms with van der Waals surface area (Å²) >= 11 is 3.39. The first-order valence-corrected chi connectivity index (χ1v) is 11.0. The number of aromatic amines is 1. The highest BCUT2D eigenvalue weighted by atomic mass is 79.9. The maximum atomic E-state index is 13.8. The standard InChI is InChI=1S/C20H18BrF3N5O2Si/c1-31-18(30)27-13-5-4-10-11(8-25-16(10)14(13)21)15-12(20(22,23)24)9-26-17(28-15)29-19(32)6-2-3-7-19/h4-5,8-9,25H,2-3,6-7H2,1H3,(H,27,30)(H,26,28,29). The Kier molecular flexibility index (Phi) is 5.92. The Labute approximate surface area is 193 Å². The smallest absolute Gasteiger partial charge is 0.419 e. The number of hydrogen-bond acceptors (Lipinski definition) is 5. The fourth-order valence-electron chi connectivity index (χ4n) is 3.79. The van der Waals surface area contributed by atoms with Crippen LogP contribution in [-0.4, -0.2) is 43.6 Å². The second kappa shape index (κ2) is 8.39. The largest absolute Gasteiger partial charge is 0.453 e. The number of H-pyrrole nitrogens is 1. The third-order valence-corrected chi connectivity index (χ3v) is 6.82. The van der Waals surface area contributed by atoms with Crippen molar-refractivity contribution in [1.82, 2.24) is 15.0 Å². The van der Waals surface area contributed by atoms with Crippen LogP contribution in [0.25, 0.3) is 22.2 Å². The van der Waals surface area contributed by atoms with Gasteiger partial charge in [0.25, 0.3) is 0 Å². The van der Waals surface area contributed by atoms with Crippen LogP contribution in [0.15, 0.2) is 29.0 Å². The van der Waals surface area contributed by atoms with Crippen LogP contribution >= 0.6 is 15.9 Å². The SMILES string of the molecule is COC(=O)Nc1ccc2c(-c3nc(NC4([Si])CCCC4)ncc3C(F)(F)F)c[nH]c2c1Br. The Hall–Kier alpha value is -2.60. The van der Waals surface area contributed by atoms with Gasteiger partial charge in [0.1, 0.15) is 5.56 Å². The summed E-state index contributed by atoms with van der Waals surface area (Å²) in [5, 5.41) is 5.74. The van der Waals surface area contributed by atoms with Crippen LogP contribution in [0.4, 0.5) is 29.6 Å². The zero-order chi connectivity index (χ0) is 23.1. The molecule has 1 amide bonds. The molecule has 1 aliphatic carbocycles. The van der Waals surface area contributed by atoms with Gasteiger partial charge in [-0.15, -0.1) is 0 Å². The van der Waals surface area contributed by atoms with Crippen LogP contribution in [-0.2, 0) is 10.9 Å². The maximum Gasteiger partial charge on any atom is 0.419 e. The maximum absolute atomic E-state index is 13.8. The van der Waals surface area contributed by atoms with Gasteiger partial charge in [-0.25, -0.2) is 14.8 Å². The minimum Gasteiger partial charge on any atom is -0.453 e. The molecule has 3 aromatic rings. The van der Waals surface area contributed by atoms with E-state index in [0.29, 0.717) is 21.1 Å². The van der Waals surface area contributed by atoms with E-state index in [4.69, 9.17) is 0 Å². The number of methoxy groups -OCH3 is 1. The lowest BCUT2D eigenvalue weighted by atomic mass is 10.1. The first kappa shape index (κ1) is 22.6. The molecule has 1 aromatic carbocycles. The van der Waals surface area contributed by atoms with E-state index in [0.717, 1.165) is 31.9 Å². The monoisotopic (exact) mass is 524 g/mol. The molecule has 0 unspecified atom stereocenters. The number of ether oxygens (including phenoxy) is 1. The normalized spacial score (nSPS) is 15.7. The van der Waals surface area contributed by atoms with Gasteiger partial charge in [-0.3, -0.25) is 5.32 Å². The van der Waals surface area contributed by atoms with Crippen LogP contribution in [0, 0.1) is 0 Å². The number of fused-ring (bicyclic) bond motifs is 1. The number of halogens is 4. The summed E-state index contributed by atoms with van der Waals surface area (Å²) in [6, 6.07) is 3.18. The molecule has 1 fully saturated rings. The van der Waals surface area contributed by atoms with E-state index in [-0.39, 0.29) is 17.2 Å². The van der Waals surface area contributed by atoms with Crippen molar-refractivity contribution in [1.29, 1.82) is 0 Å². The van der Waals surface area contributed by atoms with Crippen molar-refractivity contribution in [2.75, 3.05) is 17.7 Å². The molecular weight excluding hydrogens is 507 g/mol. The third-order valence-electron chi connectivity index (χ3n) is 5.37. The molecule has 32 heavy (non-hydrogen) atoms. The zero-order valence-corrected chi connectivity index (χ0v) is 19.4. The number of benzene rings is 1. The molecule has 3 radical (unpaired) electrons. The van der Waals surface area contributed by atoms with E-state index in [1.54, 1.807) is 12.1 Å². The quantitative estimate of drug-likeness (QED) is 0.395. The van der Waals surface area contributed by atoms with Crippen molar-refractivity contribution in [2.24, 2.45) is 0 Å². The molecule has 0 bridgehead atoms. The van der Waals surface area contributed by atoms with Crippen LogP contribution in [0.1, 0.15) is 31.2 Å². The van der Waals surface area contributed by atoms with Crippen molar-refractivity contribution in [3.8, 4) is 11.3 Å². The van der Waals surface area contributed by atoms with Crippen molar-refractivity contribution in [3.63, 3.8) is 0 Å². The lowest BCUT2D eigenvalue weighted by Crippen LogP contribution is -2.36. The average Bonchev–Trinajstić information content (AvgIpc) is 3.35. The van der Waals surface area contributed by atoms with Crippen molar-refractivity contribution in [2.45, 2.75) is 37.0 Å². The molecule has 7 nitrogen and oxygen atoms in total. The molecule has 0 spiro atoms. The molecule has 167 valence electrons. The summed E-state index contributed by atoms with van der Waals surface area (Å²) in [6.45, 7) is 0. The zero-order valence-electron chi connectivity index (χ0n) is 16.9. The number of nitrogens with one attached hydrogen (secondary N) is 3. The van der Waals surface area contributed by atoms with Gasteiger partial charge in [0, 0.05) is 28.5 Å². The second-order valence-corrected chi connectivity index (χ2v) is 9.29. The Balaban J connectivity index is 1.81. The minimum atomic E-state index is -4.64. The Bertz CT molecular complexity index is 1180. The molecule has 0 saturated heterocycles. The number of aromatic nitrogens is 3. The number of carbonyl (C=O) groups excluding carboxylic acids is 1. The predicted molar refractivity (Wildman–Crippen MR) is 119 cm³/mol. The summed E-state index contributed by atoms with van der Waals surface area (Å²) in [7, 11) is 4.92. The third kappa shape index (κ3) is 4.33. The molecule has 4 rings (SSSR count). The molecule has 2 heterocycles. The average molecular weight is 525 g/mol. The lowest BCUT2D eigenvalue weighted by Gasteiger charge is -2.25. The van der Waals surface area contributed by atoms with Gasteiger partial charge in [-0.1, -0.05) is 18.9 Å². The molecular formula is C20H18BrF3N5O2Si. The summed E-state index contributed by atoms with van der Waals surface area (Å²) in [6.07, 6.45) is 0.594. The van der Waals surface area contributed by atoms with Crippen molar-refractivity contribution < 1.29 is 22.7 Å². The first-order chi connectivity index (χ1) is 15.1.